The fourth-order valence-corrected chi connectivity index (χ4v) is 2.64. The number of cyclic esters (lactones) is 1. The Morgan fingerprint density at radius 2 is 2.18 bits per heavy atom. The first-order chi connectivity index (χ1) is 8.13. The third-order valence-electron chi connectivity index (χ3n) is 3.55. The van der Waals surface area contributed by atoms with Crippen molar-refractivity contribution in [3.8, 4) is 0 Å². The quantitative estimate of drug-likeness (QED) is 0.546. The summed E-state index contributed by atoms with van der Waals surface area (Å²) in [5, 5.41) is 9.88. The van der Waals surface area contributed by atoms with Crippen LogP contribution in [0.3, 0.4) is 0 Å². The lowest BCUT2D eigenvalue weighted by Crippen LogP contribution is -2.41. The summed E-state index contributed by atoms with van der Waals surface area (Å²) in [7, 11) is 0. The van der Waals surface area contributed by atoms with Crippen LogP contribution in [0.15, 0.2) is 11.1 Å². The number of ether oxygens (including phenoxy) is 2. The molecule has 0 unspecified atom stereocenters. The molecule has 0 saturated carbocycles. The highest BCUT2D eigenvalue weighted by Crippen LogP contribution is 2.42. The summed E-state index contributed by atoms with van der Waals surface area (Å²) >= 11 is 0. The molecule has 0 spiro atoms. The molecule has 0 amide bonds. The van der Waals surface area contributed by atoms with Gasteiger partial charge in [-0.1, -0.05) is 13.3 Å². The van der Waals surface area contributed by atoms with E-state index in [9.17, 15) is 14.7 Å². The first-order valence-electron chi connectivity index (χ1n) is 5.95. The molecular weight excluding hydrogens is 224 g/mol. The largest absolute Gasteiger partial charge is 0.459 e. The second kappa shape index (κ2) is 3.65. The van der Waals surface area contributed by atoms with Crippen LogP contribution in [-0.4, -0.2) is 41.3 Å². The summed E-state index contributed by atoms with van der Waals surface area (Å²) in [5.74, 6) is -0.701. The topological polar surface area (TPSA) is 76.1 Å². The van der Waals surface area contributed by atoms with Crippen LogP contribution in [0.25, 0.3) is 0 Å². The van der Waals surface area contributed by atoms with Crippen molar-refractivity contribution in [2.45, 2.75) is 50.6 Å². The standard InChI is InChI=1S/C12H14O5/c1-2-3-5-4-6-7(12(15)16-5)9(14)11-10(17-11)8(6)13/h5,9-11,14H,2-4H2,1H3/t5-,9-,10-,11+/m0/s1. The summed E-state index contributed by atoms with van der Waals surface area (Å²) in [6.07, 6.45) is -0.258. The molecule has 0 aromatic rings. The van der Waals surface area contributed by atoms with Gasteiger partial charge < -0.3 is 14.6 Å². The molecule has 4 atom stereocenters. The Kier molecular flexibility index (Phi) is 2.34. The Hall–Kier alpha value is -1.20. The van der Waals surface area contributed by atoms with Gasteiger partial charge in [-0.15, -0.1) is 0 Å². The van der Waals surface area contributed by atoms with Crippen LogP contribution in [-0.2, 0) is 19.1 Å². The van der Waals surface area contributed by atoms with Crippen molar-refractivity contribution < 1.29 is 24.2 Å². The number of ketones is 1. The number of hydrogen-bond donors (Lipinski definition) is 1. The molecule has 5 heteroatoms. The van der Waals surface area contributed by atoms with Crippen LogP contribution in [0.2, 0.25) is 0 Å². The fraction of sp³-hybridized carbons (Fsp3) is 0.667. The van der Waals surface area contributed by atoms with E-state index in [1.807, 2.05) is 6.92 Å². The molecule has 0 aromatic carbocycles. The van der Waals surface area contributed by atoms with Crippen molar-refractivity contribution in [3.63, 3.8) is 0 Å². The van der Waals surface area contributed by atoms with Gasteiger partial charge in [-0.2, -0.15) is 0 Å². The molecule has 1 aliphatic carbocycles. The number of aliphatic hydroxyl groups excluding tert-OH is 1. The highest BCUT2D eigenvalue weighted by atomic mass is 16.6. The van der Waals surface area contributed by atoms with Gasteiger partial charge in [0.1, 0.15) is 24.4 Å². The first kappa shape index (κ1) is 10.9. The van der Waals surface area contributed by atoms with E-state index in [4.69, 9.17) is 9.47 Å². The number of rotatable bonds is 2. The van der Waals surface area contributed by atoms with Crippen LogP contribution in [0, 0.1) is 0 Å². The number of epoxide rings is 1. The molecule has 2 aliphatic heterocycles. The lowest BCUT2D eigenvalue weighted by Gasteiger charge is -2.29. The minimum absolute atomic E-state index is 0.126. The van der Waals surface area contributed by atoms with Crippen LogP contribution < -0.4 is 0 Å². The van der Waals surface area contributed by atoms with Gasteiger partial charge >= 0.3 is 5.97 Å². The first-order valence-corrected chi connectivity index (χ1v) is 5.95. The number of esters is 1. The van der Waals surface area contributed by atoms with E-state index in [1.54, 1.807) is 0 Å². The molecule has 1 fully saturated rings. The van der Waals surface area contributed by atoms with Gasteiger partial charge in [0.15, 0.2) is 5.78 Å². The molecule has 92 valence electrons. The molecule has 3 rings (SSSR count). The smallest absolute Gasteiger partial charge is 0.337 e. The molecule has 3 aliphatic rings. The Labute approximate surface area is 98.4 Å². The van der Waals surface area contributed by atoms with Gasteiger partial charge in [0.25, 0.3) is 0 Å². The van der Waals surface area contributed by atoms with Crippen molar-refractivity contribution in [1.82, 2.24) is 0 Å². The maximum Gasteiger partial charge on any atom is 0.337 e. The summed E-state index contributed by atoms with van der Waals surface area (Å²) in [5.41, 5.74) is 0.548. The van der Waals surface area contributed by atoms with Crippen molar-refractivity contribution in [2.24, 2.45) is 0 Å². The number of carbonyl (C=O) groups excluding carboxylic acids is 2. The predicted molar refractivity (Wildman–Crippen MR) is 56.1 cm³/mol. The molecule has 2 heterocycles. The average Bonchev–Trinajstić information content (AvgIpc) is 3.06. The molecule has 0 aromatic heterocycles. The Morgan fingerprint density at radius 1 is 1.41 bits per heavy atom. The Morgan fingerprint density at radius 3 is 2.88 bits per heavy atom. The maximum absolute atomic E-state index is 11.9. The minimum Gasteiger partial charge on any atom is -0.459 e. The van der Waals surface area contributed by atoms with E-state index in [0.29, 0.717) is 12.0 Å². The highest BCUT2D eigenvalue weighted by Gasteiger charge is 2.58. The zero-order valence-corrected chi connectivity index (χ0v) is 9.51. The lowest BCUT2D eigenvalue weighted by molar-refractivity contribution is -0.148. The molecule has 5 nitrogen and oxygen atoms in total. The Bertz CT molecular complexity index is 425. The highest BCUT2D eigenvalue weighted by molar-refractivity contribution is 6.10. The molecule has 1 saturated heterocycles. The van der Waals surface area contributed by atoms with Gasteiger partial charge in [0.05, 0.1) is 5.57 Å². The van der Waals surface area contributed by atoms with Crippen LogP contribution in [0.5, 0.6) is 0 Å². The maximum atomic E-state index is 11.9. The van der Waals surface area contributed by atoms with Crippen molar-refractivity contribution in [2.75, 3.05) is 0 Å². The van der Waals surface area contributed by atoms with Crippen LogP contribution >= 0.6 is 0 Å². The van der Waals surface area contributed by atoms with Crippen molar-refractivity contribution in [3.05, 3.63) is 11.1 Å². The second-order valence-corrected chi connectivity index (χ2v) is 4.74. The summed E-state index contributed by atoms with van der Waals surface area (Å²) in [4.78, 5) is 23.7. The monoisotopic (exact) mass is 238 g/mol. The minimum atomic E-state index is -0.997. The SMILES string of the molecule is CCC[C@H]1CC2=C(C(=O)O1)[C@H](O)[C@H]1O[C@H]1C2=O. The molecule has 0 bridgehead atoms. The number of carbonyl (C=O) groups is 2. The number of Topliss-reactive ketones (excluding diaryl/α,β-unsaturated/α-hetero) is 1. The van der Waals surface area contributed by atoms with Crippen molar-refractivity contribution in [1.29, 1.82) is 0 Å². The average molecular weight is 238 g/mol. The third kappa shape index (κ3) is 1.53. The third-order valence-corrected chi connectivity index (χ3v) is 3.55. The van der Waals surface area contributed by atoms with E-state index in [1.165, 1.54) is 0 Å². The number of hydrogen-bond acceptors (Lipinski definition) is 5. The normalized spacial score (nSPS) is 39.6. The fourth-order valence-electron chi connectivity index (χ4n) is 2.64. The zero-order valence-electron chi connectivity index (χ0n) is 9.51. The summed E-state index contributed by atoms with van der Waals surface area (Å²) < 4.78 is 10.3. The van der Waals surface area contributed by atoms with Crippen LogP contribution in [0.4, 0.5) is 0 Å². The van der Waals surface area contributed by atoms with Crippen LogP contribution in [0.1, 0.15) is 26.2 Å². The second-order valence-electron chi connectivity index (χ2n) is 4.74. The van der Waals surface area contributed by atoms with E-state index in [2.05, 4.69) is 0 Å². The van der Waals surface area contributed by atoms with Crippen molar-refractivity contribution >= 4 is 11.8 Å². The van der Waals surface area contributed by atoms with Gasteiger partial charge in [0.2, 0.25) is 0 Å². The summed E-state index contributed by atoms with van der Waals surface area (Å²) in [6.45, 7) is 2.00. The Balaban J connectivity index is 1.94. The number of fused-ring (bicyclic) bond motifs is 1. The molecular formula is C12H14O5. The summed E-state index contributed by atoms with van der Waals surface area (Å²) in [6, 6.07) is 0. The van der Waals surface area contributed by atoms with Gasteiger partial charge in [-0.3, -0.25) is 4.79 Å². The van der Waals surface area contributed by atoms with E-state index in [-0.39, 0.29) is 17.5 Å². The molecule has 0 radical (unpaired) electrons. The lowest BCUT2D eigenvalue weighted by atomic mass is 9.83. The van der Waals surface area contributed by atoms with E-state index < -0.39 is 24.3 Å². The predicted octanol–water partition coefficient (Wildman–Crippen LogP) is 0.110. The van der Waals surface area contributed by atoms with E-state index in [0.717, 1.165) is 12.8 Å². The van der Waals surface area contributed by atoms with Gasteiger partial charge in [-0.25, -0.2) is 4.79 Å². The molecule has 17 heavy (non-hydrogen) atoms. The molecule has 1 N–H and O–H groups in total. The van der Waals surface area contributed by atoms with Gasteiger partial charge in [0, 0.05) is 12.0 Å². The number of aliphatic hydroxyl groups is 1. The van der Waals surface area contributed by atoms with E-state index >= 15 is 0 Å². The van der Waals surface area contributed by atoms with Gasteiger partial charge in [-0.05, 0) is 6.42 Å². The zero-order chi connectivity index (χ0) is 12.2.